The Kier molecular flexibility index (Phi) is 9.44. The number of carbonyl (C=O) groups is 1. The van der Waals surface area contributed by atoms with Gasteiger partial charge in [-0.1, -0.05) is 105 Å². The van der Waals surface area contributed by atoms with Gasteiger partial charge in [0.2, 0.25) is 8.32 Å². The van der Waals surface area contributed by atoms with Crippen molar-refractivity contribution in [2.75, 3.05) is 13.7 Å². The standard InChI is InChI=1S/C38H44N2O5SSi/c1-27-20-22-31(23-21-27)46(42,43)39-25-34(29-15-10-9-11-16-29)40-32(30-17-12-14-28(2)24-30)18-13-19-33(40)36(37(41)44-6)35(26-39)45-47(7,8)38(3,4)5/h9-25,33H,26H2,1-8H3/b34-25-,36-35-. The van der Waals surface area contributed by atoms with Crippen LogP contribution in [0, 0.1) is 13.8 Å². The zero-order valence-electron chi connectivity index (χ0n) is 28.4. The lowest BCUT2D eigenvalue weighted by atomic mass is 9.94. The molecule has 0 aliphatic carbocycles. The first kappa shape index (κ1) is 34.0. The van der Waals surface area contributed by atoms with Crippen molar-refractivity contribution in [3.8, 4) is 0 Å². The number of ether oxygens (including phenoxy) is 1. The zero-order valence-corrected chi connectivity index (χ0v) is 30.3. The Morgan fingerprint density at radius 1 is 0.872 bits per heavy atom. The van der Waals surface area contributed by atoms with Gasteiger partial charge < -0.3 is 14.1 Å². The summed E-state index contributed by atoms with van der Waals surface area (Å²) < 4.78 is 42.9. The van der Waals surface area contributed by atoms with E-state index >= 15 is 0 Å². The minimum absolute atomic E-state index is 0.142. The van der Waals surface area contributed by atoms with Crippen LogP contribution >= 0.6 is 0 Å². The summed E-state index contributed by atoms with van der Waals surface area (Å²) in [6.45, 7) is 14.3. The minimum Gasteiger partial charge on any atom is -0.545 e. The van der Waals surface area contributed by atoms with Crippen molar-refractivity contribution in [2.45, 2.75) is 63.7 Å². The molecule has 0 radical (unpaired) electrons. The molecule has 2 aliphatic heterocycles. The highest BCUT2D eigenvalue weighted by atomic mass is 32.2. The van der Waals surface area contributed by atoms with E-state index in [4.69, 9.17) is 9.16 Å². The predicted molar refractivity (Wildman–Crippen MR) is 191 cm³/mol. The van der Waals surface area contributed by atoms with Gasteiger partial charge in [0, 0.05) is 11.9 Å². The molecule has 0 saturated carbocycles. The van der Waals surface area contributed by atoms with Gasteiger partial charge >= 0.3 is 5.97 Å². The molecule has 0 amide bonds. The fourth-order valence-electron chi connectivity index (χ4n) is 5.46. The normalized spacial score (nSPS) is 20.0. The lowest BCUT2D eigenvalue weighted by Crippen LogP contribution is -2.46. The van der Waals surface area contributed by atoms with E-state index in [0.717, 1.165) is 28.0 Å². The molecule has 2 aliphatic rings. The number of rotatable bonds is 7. The number of nitrogens with zero attached hydrogens (tertiary/aromatic N) is 2. The van der Waals surface area contributed by atoms with Crippen molar-refractivity contribution in [1.29, 1.82) is 0 Å². The molecule has 3 aromatic rings. The number of allylic oxidation sites excluding steroid dienone is 2. The van der Waals surface area contributed by atoms with Crippen molar-refractivity contribution >= 4 is 35.7 Å². The van der Waals surface area contributed by atoms with Gasteiger partial charge in [0.15, 0.2) is 0 Å². The Morgan fingerprint density at radius 3 is 2.15 bits per heavy atom. The van der Waals surface area contributed by atoms with E-state index in [0.29, 0.717) is 5.70 Å². The van der Waals surface area contributed by atoms with E-state index in [9.17, 15) is 13.2 Å². The summed E-state index contributed by atoms with van der Waals surface area (Å²) in [5.41, 5.74) is 5.40. The third kappa shape index (κ3) is 6.87. The van der Waals surface area contributed by atoms with Gasteiger partial charge in [0.25, 0.3) is 10.0 Å². The molecule has 2 heterocycles. The highest BCUT2D eigenvalue weighted by Crippen LogP contribution is 2.43. The van der Waals surface area contributed by atoms with Gasteiger partial charge in [-0.15, -0.1) is 0 Å². The van der Waals surface area contributed by atoms with Crippen molar-refractivity contribution in [1.82, 2.24) is 9.21 Å². The molecule has 7 nitrogen and oxygen atoms in total. The smallest absolute Gasteiger partial charge is 0.339 e. The number of aryl methyl sites for hydroxylation is 2. The van der Waals surface area contributed by atoms with Crippen molar-refractivity contribution in [3.05, 3.63) is 137 Å². The second-order valence-corrected chi connectivity index (χ2v) is 20.2. The Bertz CT molecular complexity index is 1890. The lowest BCUT2D eigenvalue weighted by molar-refractivity contribution is -0.136. The summed E-state index contributed by atoms with van der Waals surface area (Å²) in [6.07, 6.45) is 7.56. The molecule has 246 valence electrons. The van der Waals surface area contributed by atoms with Gasteiger partial charge in [-0.3, -0.25) is 4.31 Å². The zero-order chi connectivity index (χ0) is 34.1. The summed E-state index contributed by atoms with van der Waals surface area (Å²) >= 11 is 0. The average Bonchev–Trinajstić information content (AvgIpc) is 3.02. The van der Waals surface area contributed by atoms with Crippen molar-refractivity contribution < 1.29 is 22.4 Å². The van der Waals surface area contributed by atoms with E-state index in [1.165, 1.54) is 11.4 Å². The van der Waals surface area contributed by atoms with Gasteiger partial charge in [-0.05, 0) is 67.4 Å². The van der Waals surface area contributed by atoms with Crippen LogP contribution in [0.4, 0.5) is 0 Å². The molecule has 1 atom stereocenters. The highest BCUT2D eigenvalue weighted by molar-refractivity contribution is 7.89. The van der Waals surface area contributed by atoms with E-state index in [2.05, 4.69) is 39.9 Å². The van der Waals surface area contributed by atoms with Crippen molar-refractivity contribution in [3.63, 3.8) is 0 Å². The van der Waals surface area contributed by atoms with Crippen LogP contribution in [0.5, 0.6) is 0 Å². The molecule has 9 heteroatoms. The molecule has 0 fully saturated rings. The molecule has 3 aromatic carbocycles. The Balaban J connectivity index is 1.87. The number of methoxy groups -OCH3 is 1. The summed E-state index contributed by atoms with van der Waals surface area (Å²) in [5, 5.41) is -0.232. The summed E-state index contributed by atoms with van der Waals surface area (Å²) in [5.74, 6) is -0.293. The van der Waals surface area contributed by atoms with Crippen LogP contribution in [-0.4, -0.2) is 51.6 Å². The summed E-state index contributed by atoms with van der Waals surface area (Å²) in [6, 6.07) is 23.9. The lowest BCUT2D eigenvalue weighted by Gasteiger charge is -2.43. The van der Waals surface area contributed by atoms with Crippen LogP contribution in [0.2, 0.25) is 18.1 Å². The number of hydrogen-bond donors (Lipinski definition) is 0. The van der Waals surface area contributed by atoms with Gasteiger partial charge in [-0.25, -0.2) is 13.2 Å². The first-order valence-corrected chi connectivity index (χ1v) is 20.1. The first-order chi connectivity index (χ1) is 22.1. The van der Waals surface area contributed by atoms with Gasteiger partial charge in [0.1, 0.15) is 11.3 Å². The number of benzene rings is 3. The second kappa shape index (κ2) is 13.0. The maximum Gasteiger partial charge on any atom is 0.339 e. The minimum atomic E-state index is -4.12. The number of sulfonamides is 1. The van der Waals surface area contributed by atoms with Crippen LogP contribution in [0.1, 0.15) is 43.0 Å². The van der Waals surface area contributed by atoms with E-state index < -0.39 is 30.4 Å². The fraction of sp³-hybridized carbons (Fsp3) is 0.289. The van der Waals surface area contributed by atoms with Crippen LogP contribution in [0.15, 0.2) is 120 Å². The highest BCUT2D eigenvalue weighted by Gasteiger charge is 2.44. The van der Waals surface area contributed by atoms with Crippen LogP contribution in [-0.2, 0) is 24.0 Å². The Hall–Kier alpha value is -4.34. The van der Waals surface area contributed by atoms with Crippen LogP contribution in [0.25, 0.3) is 11.4 Å². The number of hydrogen-bond acceptors (Lipinski definition) is 6. The molecule has 5 rings (SSSR count). The quantitative estimate of drug-likeness (QED) is 0.187. The topological polar surface area (TPSA) is 76.1 Å². The van der Waals surface area contributed by atoms with E-state index in [1.54, 1.807) is 30.5 Å². The molecule has 0 N–H and O–H groups in total. The van der Waals surface area contributed by atoms with Gasteiger partial charge in [0.05, 0.1) is 30.3 Å². The summed E-state index contributed by atoms with van der Waals surface area (Å²) in [4.78, 5) is 16.2. The average molecular weight is 669 g/mol. The largest absolute Gasteiger partial charge is 0.545 e. The third-order valence-electron chi connectivity index (χ3n) is 9.11. The van der Waals surface area contributed by atoms with Gasteiger partial charge in [-0.2, -0.15) is 0 Å². The van der Waals surface area contributed by atoms with E-state index in [-0.39, 0.29) is 27.8 Å². The number of fused-ring (bicyclic) bond motifs is 1. The molecule has 47 heavy (non-hydrogen) atoms. The molecular weight excluding hydrogens is 625 g/mol. The maximum absolute atomic E-state index is 14.6. The second-order valence-electron chi connectivity index (χ2n) is 13.6. The maximum atomic E-state index is 14.6. The van der Waals surface area contributed by atoms with Crippen LogP contribution in [0.3, 0.4) is 0 Å². The summed E-state index contributed by atoms with van der Waals surface area (Å²) in [7, 11) is -5.37. The van der Waals surface area contributed by atoms with Crippen molar-refractivity contribution in [2.24, 2.45) is 0 Å². The monoisotopic (exact) mass is 668 g/mol. The molecule has 1 unspecified atom stereocenters. The molecule has 0 spiro atoms. The molecule has 0 aromatic heterocycles. The number of carbonyl (C=O) groups excluding carboxylic acids is 1. The van der Waals surface area contributed by atoms with Crippen LogP contribution < -0.4 is 0 Å². The Morgan fingerprint density at radius 2 is 1.53 bits per heavy atom. The first-order valence-electron chi connectivity index (χ1n) is 15.7. The number of esters is 1. The van der Waals surface area contributed by atoms with E-state index in [1.807, 2.05) is 85.5 Å². The SMILES string of the molecule is COC(=O)/C1=C(\O[Si](C)(C)C(C)(C)C)CN(S(=O)(=O)c2ccc(C)cc2)/C=C(/c2ccccc2)N2C(c3cccc(C)c3)=CC=CC12. The Labute approximate surface area is 280 Å². The molecule has 0 bridgehead atoms. The molecule has 0 saturated heterocycles. The fourth-order valence-corrected chi connectivity index (χ4v) is 7.84. The molecular formula is C38H44N2O5SSi. The predicted octanol–water partition coefficient (Wildman–Crippen LogP) is 8.04. The third-order valence-corrected chi connectivity index (χ3v) is 15.2.